The third-order valence-corrected chi connectivity index (χ3v) is 12.0. The van der Waals surface area contributed by atoms with Gasteiger partial charge in [-0.25, -0.2) is 4.57 Å². The summed E-state index contributed by atoms with van der Waals surface area (Å²) in [4.78, 5) is 35.5. The number of likely N-dealkylation sites (N-methyl/N-ethyl adjacent to an activating group) is 1. The van der Waals surface area contributed by atoms with Crippen LogP contribution in [-0.2, 0) is 32.7 Å². The second-order valence-electron chi connectivity index (χ2n) is 18.2. The van der Waals surface area contributed by atoms with Crippen molar-refractivity contribution >= 4 is 19.8 Å². The molecular formula is C49H97NO8P+. The Balaban J connectivity index is 4.24. The predicted molar refractivity (Wildman–Crippen MR) is 248 cm³/mol. The fraction of sp³-hybridized carbons (Fsp3) is 0.918. The minimum Gasteiger partial charge on any atom is -0.462 e. The molecule has 9 nitrogen and oxygen atoms in total. The first-order chi connectivity index (χ1) is 28.5. The van der Waals surface area contributed by atoms with Gasteiger partial charge < -0.3 is 18.9 Å². The van der Waals surface area contributed by atoms with Crippen LogP contribution < -0.4 is 0 Å². The Hall–Kier alpha value is -1.25. The van der Waals surface area contributed by atoms with E-state index in [1.807, 2.05) is 21.1 Å². The number of allylic oxidation sites excluding steroid dienone is 2. The molecule has 2 unspecified atom stereocenters. The highest BCUT2D eigenvalue weighted by molar-refractivity contribution is 7.47. The van der Waals surface area contributed by atoms with Gasteiger partial charge in [0.1, 0.15) is 19.8 Å². The van der Waals surface area contributed by atoms with Gasteiger partial charge in [-0.1, -0.05) is 199 Å². The number of rotatable bonds is 46. The summed E-state index contributed by atoms with van der Waals surface area (Å²) < 4.78 is 34.4. The van der Waals surface area contributed by atoms with Crippen molar-refractivity contribution in [1.82, 2.24) is 0 Å². The zero-order valence-corrected chi connectivity index (χ0v) is 40.4. The van der Waals surface area contributed by atoms with Crippen molar-refractivity contribution in [2.45, 2.75) is 245 Å². The van der Waals surface area contributed by atoms with Crippen molar-refractivity contribution < 1.29 is 42.1 Å². The summed E-state index contributed by atoms with van der Waals surface area (Å²) in [5.41, 5.74) is 0. The molecule has 0 radical (unpaired) electrons. The molecule has 0 aliphatic heterocycles. The molecule has 0 bridgehead atoms. The van der Waals surface area contributed by atoms with Gasteiger partial charge in [-0.05, 0) is 38.5 Å². The maximum Gasteiger partial charge on any atom is 0.472 e. The molecule has 0 aromatic carbocycles. The van der Waals surface area contributed by atoms with Gasteiger partial charge in [0.15, 0.2) is 6.10 Å². The van der Waals surface area contributed by atoms with Crippen molar-refractivity contribution in [1.29, 1.82) is 0 Å². The van der Waals surface area contributed by atoms with E-state index >= 15 is 0 Å². The van der Waals surface area contributed by atoms with E-state index in [1.165, 1.54) is 154 Å². The van der Waals surface area contributed by atoms with Crippen LogP contribution in [0, 0.1) is 0 Å². The zero-order chi connectivity index (χ0) is 43.6. The van der Waals surface area contributed by atoms with Gasteiger partial charge in [0.25, 0.3) is 0 Å². The molecule has 0 aromatic rings. The van der Waals surface area contributed by atoms with Crippen LogP contribution in [0.1, 0.15) is 239 Å². The third kappa shape index (κ3) is 46.1. The molecule has 0 fully saturated rings. The molecule has 2 atom stereocenters. The summed E-state index contributed by atoms with van der Waals surface area (Å²) in [5.74, 6) is -0.794. The fourth-order valence-electron chi connectivity index (χ4n) is 7.13. The van der Waals surface area contributed by atoms with E-state index in [2.05, 4.69) is 26.0 Å². The molecule has 0 rings (SSSR count). The Bertz CT molecular complexity index is 1020. The van der Waals surface area contributed by atoms with Crippen LogP contribution >= 0.6 is 7.82 Å². The normalized spacial score (nSPS) is 13.5. The van der Waals surface area contributed by atoms with Crippen LogP contribution in [0.2, 0.25) is 0 Å². The lowest BCUT2D eigenvalue weighted by Gasteiger charge is -2.24. The van der Waals surface area contributed by atoms with Crippen molar-refractivity contribution in [3.05, 3.63) is 12.2 Å². The van der Waals surface area contributed by atoms with Crippen LogP contribution in [0.4, 0.5) is 0 Å². The quantitative estimate of drug-likeness (QED) is 0.0212. The van der Waals surface area contributed by atoms with Crippen LogP contribution in [0.15, 0.2) is 12.2 Å². The Labute approximate surface area is 365 Å². The molecule has 10 heteroatoms. The summed E-state index contributed by atoms with van der Waals surface area (Å²) in [5, 5.41) is 0. The zero-order valence-electron chi connectivity index (χ0n) is 39.5. The number of carbonyl (C=O) groups is 2. The van der Waals surface area contributed by atoms with E-state index in [1.54, 1.807) is 0 Å². The molecule has 59 heavy (non-hydrogen) atoms. The first kappa shape index (κ1) is 57.8. The number of carbonyl (C=O) groups excluding carboxylic acids is 2. The molecule has 0 heterocycles. The van der Waals surface area contributed by atoms with Crippen molar-refractivity contribution in [3.8, 4) is 0 Å². The van der Waals surface area contributed by atoms with Crippen LogP contribution in [0.5, 0.6) is 0 Å². The first-order valence-electron chi connectivity index (χ1n) is 24.9. The van der Waals surface area contributed by atoms with E-state index < -0.39 is 26.5 Å². The third-order valence-electron chi connectivity index (χ3n) is 11.0. The average molecular weight is 859 g/mol. The van der Waals surface area contributed by atoms with E-state index in [0.717, 1.165) is 51.4 Å². The topological polar surface area (TPSA) is 108 Å². The number of phosphoric acid groups is 1. The van der Waals surface area contributed by atoms with Crippen molar-refractivity contribution in [3.63, 3.8) is 0 Å². The average Bonchev–Trinajstić information content (AvgIpc) is 3.19. The maximum absolute atomic E-state index is 12.7. The lowest BCUT2D eigenvalue weighted by molar-refractivity contribution is -0.870. The summed E-state index contributed by atoms with van der Waals surface area (Å²) in [7, 11) is 1.48. The standard InChI is InChI=1S/C49H96NO8P/c1-6-8-10-12-14-16-18-20-22-24-25-26-28-29-31-33-35-37-39-41-48(51)55-45-47(46-57-59(53,54)56-44-43-50(3,4)5)58-49(52)42-40-38-36-34-32-30-27-23-21-19-17-15-13-11-9-7-2/h23,27,47H,6-22,24-26,28-46H2,1-5H3/p+1/b27-23-. The Morgan fingerprint density at radius 3 is 1.25 bits per heavy atom. The number of esters is 2. The number of nitrogens with zero attached hydrogens (tertiary/aromatic N) is 1. The molecule has 0 aromatic heterocycles. The number of hydrogen-bond acceptors (Lipinski definition) is 7. The molecule has 350 valence electrons. The highest BCUT2D eigenvalue weighted by Crippen LogP contribution is 2.43. The monoisotopic (exact) mass is 859 g/mol. The molecule has 0 saturated heterocycles. The molecule has 0 spiro atoms. The van der Waals surface area contributed by atoms with Crippen molar-refractivity contribution in [2.75, 3.05) is 47.5 Å². The largest absolute Gasteiger partial charge is 0.472 e. The lowest BCUT2D eigenvalue weighted by Crippen LogP contribution is -2.37. The SMILES string of the molecule is CCCCCCCCC/C=C\CCCCCCCC(=O)OC(COC(=O)CCCCCCCCCCCCCCCCCCCCC)COP(=O)(O)OCC[N+](C)(C)C. The second-order valence-corrected chi connectivity index (χ2v) is 19.7. The van der Waals surface area contributed by atoms with Crippen LogP contribution in [0.3, 0.4) is 0 Å². The van der Waals surface area contributed by atoms with E-state index in [9.17, 15) is 19.0 Å². The number of ether oxygens (including phenoxy) is 2. The van der Waals surface area contributed by atoms with Crippen LogP contribution in [0.25, 0.3) is 0 Å². The summed E-state index contributed by atoms with van der Waals surface area (Å²) >= 11 is 0. The highest BCUT2D eigenvalue weighted by Gasteiger charge is 2.27. The number of unbranched alkanes of at least 4 members (excludes halogenated alkanes) is 30. The number of phosphoric ester groups is 1. The van der Waals surface area contributed by atoms with Gasteiger partial charge in [0.2, 0.25) is 0 Å². The van der Waals surface area contributed by atoms with Gasteiger partial charge in [-0.15, -0.1) is 0 Å². The Morgan fingerprint density at radius 1 is 0.508 bits per heavy atom. The van der Waals surface area contributed by atoms with Gasteiger partial charge in [-0.3, -0.25) is 18.6 Å². The maximum atomic E-state index is 12.7. The lowest BCUT2D eigenvalue weighted by atomic mass is 10.0. The minimum atomic E-state index is -4.37. The molecular weight excluding hydrogens is 762 g/mol. The highest BCUT2D eigenvalue weighted by atomic mass is 31.2. The summed E-state index contributed by atoms with van der Waals surface area (Å²) in [6.45, 7) is 4.45. The fourth-order valence-corrected chi connectivity index (χ4v) is 7.87. The Morgan fingerprint density at radius 2 is 0.864 bits per heavy atom. The van der Waals surface area contributed by atoms with Crippen LogP contribution in [-0.4, -0.2) is 74.9 Å². The molecule has 0 aliphatic rings. The molecule has 0 aliphatic carbocycles. The van der Waals surface area contributed by atoms with Gasteiger partial charge in [0, 0.05) is 12.8 Å². The first-order valence-corrected chi connectivity index (χ1v) is 26.4. The smallest absolute Gasteiger partial charge is 0.462 e. The van der Waals surface area contributed by atoms with Gasteiger partial charge in [0.05, 0.1) is 27.7 Å². The van der Waals surface area contributed by atoms with E-state index in [-0.39, 0.29) is 25.6 Å². The predicted octanol–water partition coefficient (Wildman–Crippen LogP) is 14.5. The van der Waals surface area contributed by atoms with E-state index in [0.29, 0.717) is 23.9 Å². The van der Waals surface area contributed by atoms with E-state index in [4.69, 9.17) is 18.5 Å². The summed E-state index contributed by atoms with van der Waals surface area (Å²) in [6.07, 6.45) is 45.4. The van der Waals surface area contributed by atoms with Gasteiger partial charge >= 0.3 is 19.8 Å². The number of quaternary nitrogens is 1. The van der Waals surface area contributed by atoms with Crippen molar-refractivity contribution in [2.24, 2.45) is 0 Å². The van der Waals surface area contributed by atoms with Gasteiger partial charge in [-0.2, -0.15) is 0 Å². The minimum absolute atomic E-state index is 0.0334. The molecule has 1 N–H and O–H groups in total. The molecule has 0 saturated carbocycles. The summed E-state index contributed by atoms with van der Waals surface area (Å²) in [6, 6.07) is 0. The number of hydrogen-bond donors (Lipinski definition) is 1. The molecule has 0 amide bonds. The second kappa shape index (κ2) is 42.1. The Kier molecular flexibility index (Phi) is 41.2.